The van der Waals surface area contributed by atoms with Gasteiger partial charge in [0.2, 0.25) is 5.91 Å². The van der Waals surface area contributed by atoms with Crippen molar-refractivity contribution >= 4 is 40.6 Å². The van der Waals surface area contributed by atoms with Crippen molar-refractivity contribution < 1.29 is 37.0 Å². The number of ether oxygens (including phenoxy) is 2. The number of hydrogen-bond acceptors (Lipinski definition) is 7. The zero-order valence-electron chi connectivity index (χ0n) is 20.2. The number of amides is 3. The molecule has 1 fully saturated rings. The third-order valence-corrected chi connectivity index (χ3v) is 6.40. The van der Waals surface area contributed by atoms with Gasteiger partial charge in [0.25, 0.3) is 11.1 Å². The van der Waals surface area contributed by atoms with E-state index in [1.165, 1.54) is 13.2 Å². The van der Waals surface area contributed by atoms with Crippen molar-refractivity contribution in [1.29, 1.82) is 5.26 Å². The Morgan fingerprint density at radius 3 is 2.59 bits per heavy atom. The molecular formula is C27H18F3N3O5S. The summed E-state index contributed by atoms with van der Waals surface area (Å²) in [6.07, 6.45) is 1.43. The molecule has 1 aliphatic rings. The molecule has 1 N–H and O–H groups in total. The summed E-state index contributed by atoms with van der Waals surface area (Å²) >= 11 is 0.594. The Kier molecular flexibility index (Phi) is 8.21. The Labute approximate surface area is 224 Å². The molecule has 3 aromatic carbocycles. The van der Waals surface area contributed by atoms with Crippen LogP contribution in [0.3, 0.4) is 0 Å². The topological polar surface area (TPSA) is 109 Å². The van der Waals surface area contributed by atoms with E-state index in [1.54, 1.807) is 42.5 Å². The summed E-state index contributed by atoms with van der Waals surface area (Å²) in [5, 5.41) is 10.5. The zero-order chi connectivity index (χ0) is 28.1. The highest BCUT2D eigenvalue weighted by atomic mass is 32.2. The van der Waals surface area contributed by atoms with E-state index in [-0.39, 0.29) is 11.5 Å². The lowest BCUT2D eigenvalue weighted by Crippen LogP contribution is -2.36. The minimum atomic E-state index is -1.76. The predicted molar refractivity (Wildman–Crippen MR) is 136 cm³/mol. The molecule has 3 aromatic rings. The number of benzene rings is 3. The maximum atomic E-state index is 13.8. The summed E-state index contributed by atoms with van der Waals surface area (Å²) in [5.74, 6) is -5.82. The van der Waals surface area contributed by atoms with Crippen LogP contribution in [-0.2, 0) is 16.2 Å². The van der Waals surface area contributed by atoms with Gasteiger partial charge in [0.1, 0.15) is 13.2 Å². The van der Waals surface area contributed by atoms with Gasteiger partial charge in [-0.2, -0.15) is 5.26 Å². The Morgan fingerprint density at radius 1 is 1.08 bits per heavy atom. The van der Waals surface area contributed by atoms with Crippen molar-refractivity contribution in [3.05, 3.63) is 93.6 Å². The minimum absolute atomic E-state index is 0.0190. The molecule has 0 bridgehead atoms. The number of rotatable bonds is 8. The van der Waals surface area contributed by atoms with Gasteiger partial charge in [-0.25, -0.2) is 13.2 Å². The van der Waals surface area contributed by atoms with Crippen LogP contribution in [0.5, 0.6) is 11.5 Å². The molecular weight excluding hydrogens is 535 g/mol. The van der Waals surface area contributed by atoms with Crippen LogP contribution in [0, 0.1) is 28.8 Å². The number of nitriles is 1. The summed E-state index contributed by atoms with van der Waals surface area (Å²) in [5.41, 5.74) is 1.03. The SMILES string of the molecule is COc1cc(/C=C2\SC(=O)N(CC(=O)Nc3ccc(F)c(F)c3F)C2=O)ccc1OCc1ccccc1C#N. The number of anilines is 1. The van der Waals surface area contributed by atoms with E-state index >= 15 is 0 Å². The highest BCUT2D eigenvalue weighted by Gasteiger charge is 2.36. The van der Waals surface area contributed by atoms with Crippen molar-refractivity contribution in [3.63, 3.8) is 0 Å². The molecule has 39 heavy (non-hydrogen) atoms. The van der Waals surface area contributed by atoms with Crippen molar-refractivity contribution in [3.8, 4) is 17.6 Å². The number of nitrogens with one attached hydrogen (secondary N) is 1. The van der Waals surface area contributed by atoms with Gasteiger partial charge >= 0.3 is 0 Å². The van der Waals surface area contributed by atoms with Crippen LogP contribution in [0.25, 0.3) is 6.08 Å². The second-order valence-electron chi connectivity index (χ2n) is 8.01. The maximum Gasteiger partial charge on any atom is 0.294 e. The number of halogens is 3. The Morgan fingerprint density at radius 2 is 1.85 bits per heavy atom. The normalized spacial score (nSPS) is 13.9. The predicted octanol–water partition coefficient (Wildman–Crippen LogP) is 5.24. The molecule has 0 spiro atoms. The second kappa shape index (κ2) is 11.7. The molecule has 0 saturated carbocycles. The molecule has 8 nitrogen and oxygen atoms in total. The first-order chi connectivity index (χ1) is 18.7. The molecule has 1 heterocycles. The molecule has 0 aliphatic carbocycles. The van der Waals surface area contributed by atoms with Gasteiger partial charge in [-0.3, -0.25) is 19.3 Å². The summed E-state index contributed by atoms with van der Waals surface area (Å²) < 4.78 is 51.5. The zero-order valence-corrected chi connectivity index (χ0v) is 21.0. The van der Waals surface area contributed by atoms with E-state index in [4.69, 9.17) is 9.47 Å². The minimum Gasteiger partial charge on any atom is -0.493 e. The highest BCUT2D eigenvalue weighted by molar-refractivity contribution is 8.18. The van der Waals surface area contributed by atoms with E-state index in [2.05, 4.69) is 6.07 Å². The largest absolute Gasteiger partial charge is 0.493 e. The number of carbonyl (C=O) groups excluding carboxylic acids is 3. The van der Waals surface area contributed by atoms with E-state index in [0.717, 1.165) is 6.07 Å². The molecule has 4 rings (SSSR count). The summed E-state index contributed by atoms with van der Waals surface area (Å²) in [4.78, 5) is 38.1. The molecule has 1 saturated heterocycles. The van der Waals surface area contributed by atoms with Crippen LogP contribution in [0.1, 0.15) is 16.7 Å². The van der Waals surface area contributed by atoms with Crippen LogP contribution in [0.2, 0.25) is 0 Å². The molecule has 1 aliphatic heterocycles. The number of thioether (sulfide) groups is 1. The molecule has 0 unspecified atom stereocenters. The molecule has 3 amide bonds. The van der Waals surface area contributed by atoms with Gasteiger partial charge in [-0.1, -0.05) is 24.3 Å². The first-order valence-corrected chi connectivity index (χ1v) is 12.0. The van der Waals surface area contributed by atoms with Gasteiger partial charge in [-0.15, -0.1) is 0 Å². The Hall–Kier alpha value is -4.76. The van der Waals surface area contributed by atoms with E-state index < -0.39 is 46.7 Å². The first kappa shape index (κ1) is 27.3. The molecule has 12 heteroatoms. The monoisotopic (exact) mass is 553 g/mol. The van der Waals surface area contributed by atoms with Gasteiger partial charge in [0, 0.05) is 5.56 Å². The number of imide groups is 1. The average molecular weight is 554 g/mol. The molecule has 198 valence electrons. The van der Waals surface area contributed by atoms with Crippen molar-refractivity contribution in [2.45, 2.75) is 6.61 Å². The van der Waals surface area contributed by atoms with Crippen LogP contribution in [0.15, 0.2) is 59.5 Å². The summed E-state index contributed by atoms with van der Waals surface area (Å²) in [7, 11) is 1.43. The van der Waals surface area contributed by atoms with E-state index in [0.29, 0.717) is 50.9 Å². The van der Waals surface area contributed by atoms with Crippen molar-refractivity contribution in [2.24, 2.45) is 0 Å². The second-order valence-corrected chi connectivity index (χ2v) is 9.00. The fraction of sp³-hybridized carbons (Fsp3) is 0.111. The lowest BCUT2D eigenvalue weighted by atomic mass is 10.1. The summed E-state index contributed by atoms with van der Waals surface area (Å²) in [6.45, 7) is -0.643. The van der Waals surface area contributed by atoms with Gasteiger partial charge in [0.05, 0.1) is 29.3 Å². The number of carbonyl (C=O) groups is 3. The van der Waals surface area contributed by atoms with Crippen LogP contribution in [0.4, 0.5) is 23.7 Å². The van der Waals surface area contributed by atoms with E-state index in [9.17, 15) is 32.8 Å². The number of nitrogens with zero attached hydrogens (tertiary/aromatic N) is 2. The van der Waals surface area contributed by atoms with Crippen molar-refractivity contribution in [2.75, 3.05) is 19.0 Å². The van der Waals surface area contributed by atoms with Crippen molar-refractivity contribution in [1.82, 2.24) is 4.90 Å². The van der Waals surface area contributed by atoms with Crippen LogP contribution >= 0.6 is 11.8 Å². The fourth-order valence-electron chi connectivity index (χ4n) is 3.55. The van der Waals surface area contributed by atoms with E-state index in [1.807, 2.05) is 5.32 Å². The maximum absolute atomic E-state index is 13.8. The average Bonchev–Trinajstić information content (AvgIpc) is 3.19. The summed E-state index contributed by atoms with van der Waals surface area (Å²) in [6, 6.07) is 15.3. The third-order valence-electron chi connectivity index (χ3n) is 5.49. The smallest absolute Gasteiger partial charge is 0.294 e. The molecule has 0 radical (unpaired) electrons. The fourth-order valence-corrected chi connectivity index (χ4v) is 4.39. The van der Waals surface area contributed by atoms with Crippen LogP contribution < -0.4 is 14.8 Å². The Bertz CT molecular complexity index is 1550. The molecule has 0 aromatic heterocycles. The lowest BCUT2D eigenvalue weighted by Gasteiger charge is -2.13. The third kappa shape index (κ3) is 6.05. The standard InChI is InChI=1S/C27H18F3N3O5S/c1-37-21-10-15(6-9-20(21)38-14-17-5-3-2-4-16(17)12-31)11-22-26(35)33(27(36)39-22)13-23(34)32-19-8-7-18(28)24(29)25(19)30/h2-11H,13-14H2,1H3,(H,32,34)/b22-11-. The van der Waals surface area contributed by atoms with Gasteiger partial charge in [-0.05, 0) is 53.7 Å². The van der Waals surface area contributed by atoms with Gasteiger partial charge < -0.3 is 14.8 Å². The molecule has 0 atom stereocenters. The number of methoxy groups -OCH3 is 1. The quantitative estimate of drug-likeness (QED) is 0.300. The van der Waals surface area contributed by atoms with Crippen LogP contribution in [-0.4, -0.2) is 35.6 Å². The lowest BCUT2D eigenvalue weighted by molar-refractivity contribution is -0.127. The highest BCUT2D eigenvalue weighted by Crippen LogP contribution is 2.35. The Balaban J connectivity index is 1.45. The number of hydrogen-bond donors (Lipinski definition) is 1. The van der Waals surface area contributed by atoms with Gasteiger partial charge in [0.15, 0.2) is 29.0 Å². The first-order valence-electron chi connectivity index (χ1n) is 11.2.